The average Bonchev–Trinajstić information content (AvgIpc) is 2.61. The van der Waals surface area contributed by atoms with Crippen molar-refractivity contribution in [2.45, 2.75) is 30.2 Å². The van der Waals surface area contributed by atoms with Gasteiger partial charge in [-0.15, -0.1) is 0 Å². The largest absolute Gasteiger partial charge is 0.772 e. The van der Waals surface area contributed by atoms with Gasteiger partial charge in [-0.1, -0.05) is 30.3 Å². The fourth-order valence-electron chi connectivity index (χ4n) is 2.59. The summed E-state index contributed by atoms with van der Waals surface area (Å²) in [5.74, 6) is 0.702. The van der Waals surface area contributed by atoms with Gasteiger partial charge >= 0.3 is 0 Å². The summed E-state index contributed by atoms with van der Waals surface area (Å²) in [7, 11) is 1.62. The number of hydrogen-bond acceptors (Lipinski definition) is 6. The second-order valence-electron chi connectivity index (χ2n) is 5.47. The van der Waals surface area contributed by atoms with Gasteiger partial charge in [0.05, 0.1) is 24.5 Å². The van der Waals surface area contributed by atoms with Crippen molar-refractivity contribution in [3.8, 4) is 0 Å². The van der Waals surface area contributed by atoms with Crippen LogP contribution in [-0.2, 0) is 20.6 Å². The molecule has 8 heteroatoms. The molecule has 1 fully saturated rings. The Labute approximate surface area is 150 Å². The zero-order valence-corrected chi connectivity index (χ0v) is 15.3. The number of rotatable bonds is 6. The third-order valence-electron chi connectivity index (χ3n) is 3.87. The Morgan fingerprint density at radius 1 is 1.54 bits per heavy atom. The number of aliphatic imine (C=N–C) groups is 1. The molecule has 1 aliphatic heterocycles. The minimum absolute atomic E-state index is 0.00144. The highest BCUT2D eigenvalue weighted by molar-refractivity contribution is 7.80. The van der Waals surface area contributed by atoms with Gasteiger partial charge < -0.3 is 19.3 Å². The van der Waals surface area contributed by atoms with Crippen molar-refractivity contribution in [3.05, 3.63) is 35.9 Å². The Balaban J connectivity index is 2.05. The number of thiol groups is 1. The lowest BCUT2D eigenvalue weighted by Crippen LogP contribution is -2.45. The molecule has 6 nitrogen and oxygen atoms in total. The number of ether oxygens (including phenoxy) is 2. The Morgan fingerprint density at radius 2 is 2.29 bits per heavy atom. The van der Waals surface area contributed by atoms with Crippen LogP contribution in [0.3, 0.4) is 0 Å². The third kappa shape index (κ3) is 5.47. The summed E-state index contributed by atoms with van der Waals surface area (Å²) < 4.78 is 33.8. The van der Waals surface area contributed by atoms with Crippen LogP contribution in [0.25, 0.3) is 0 Å². The highest BCUT2D eigenvalue weighted by Crippen LogP contribution is 2.20. The molecule has 4 atom stereocenters. The monoisotopic (exact) mass is 371 g/mol. The SMILES string of the molecule is CN=C(NC(CCS)c1ccccc1)OC1CCOCC1S(=O)[O-]. The molecule has 0 radical (unpaired) electrons. The fourth-order valence-corrected chi connectivity index (χ4v) is 3.49. The van der Waals surface area contributed by atoms with Gasteiger partial charge in [-0.25, -0.2) is 4.99 Å². The maximum Gasteiger partial charge on any atom is 0.285 e. The molecular formula is C16H23N2O4S2-. The Bertz CT molecular complexity index is 556. The smallest absolute Gasteiger partial charge is 0.285 e. The van der Waals surface area contributed by atoms with Crippen molar-refractivity contribution in [3.63, 3.8) is 0 Å². The number of amidine groups is 1. The van der Waals surface area contributed by atoms with Crippen molar-refractivity contribution in [2.24, 2.45) is 4.99 Å². The predicted octanol–water partition coefficient (Wildman–Crippen LogP) is 1.68. The summed E-state index contributed by atoms with van der Waals surface area (Å²) in [5.41, 5.74) is 1.10. The third-order valence-corrected chi connectivity index (χ3v) is 5.07. The van der Waals surface area contributed by atoms with E-state index in [9.17, 15) is 8.76 Å². The molecule has 1 aromatic carbocycles. The lowest BCUT2D eigenvalue weighted by molar-refractivity contribution is 0.0206. The number of nitrogens with one attached hydrogen (secondary N) is 1. The van der Waals surface area contributed by atoms with Crippen LogP contribution in [0.1, 0.15) is 24.4 Å². The standard InChI is InChI=1S/C16H24N2O4S2/c1-17-16(22-14-7-9-21-11-15(14)24(19)20)18-13(8-10-23)12-5-3-2-4-6-12/h2-6,13-15,23H,7-11H2,1H3,(H,17,18)(H,19,20)/p-1. The van der Waals surface area contributed by atoms with E-state index in [1.165, 1.54) is 0 Å². The maximum atomic E-state index is 11.4. The van der Waals surface area contributed by atoms with E-state index in [1.54, 1.807) is 7.05 Å². The minimum atomic E-state index is -2.25. The van der Waals surface area contributed by atoms with Gasteiger partial charge in [0.2, 0.25) is 0 Å². The van der Waals surface area contributed by atoms with Crippen LogP contribution in [0.5, 0.6) is 0 Å². The molecule has 2 rings (SSSR count). The first-order chi connectivity index (χ1) is 11.7. The molecule has 0 aliphatic carbocycles. The van der Waals surface area contributed by atoms with Gasteiger partial charge in [0.25, 0.3) is 6.02 Å². The van der Waals surface area contributed by atoms with E-state index in [0.29, 0.717) is 24.8 Å². The van der Waals surface area contributed by atoms with Crippen LogP contribution in [0.15, 0.2) is 35.3 Å². The van der Waals surface area contributed by atoms with E-state index < -0.39 is 22.4 Å². The summed E-state index contributed by atoms with van der Waals surface area (Å²) in [4.78, 5) is 4.14. The highest BCUT2D eigenvalue weighted by atomic mass is 32.2. The first kappa shape index (κ1) is 19.2. The molecule has 24 heavy (non-hydrogen) atoms. The van der Waals surface area contributed by atoms with Gasteiger partial charge in [0.15, 0.2) is 0 Å². The normalized spacial score (nSPS) is 24.2. The van der Waals surface area contributed by atoms with Crippen LogP contribution < -0.4 is 5.32 Å². The molecule has 0 amide bonds. The van der Waals surface area contributed by atoms with Crippen LogP contribution in [0.4, 0.5) is 0 Å². The fraction of sp³-hybridized carbons (Fsp3) is 0.562. The number of benzene rings is 1. The molecule has 0 saturated carbocycles. The second kappa shape index (κ2) is 10.0. The number of hydrogen-bond donors (Lipinski definition) is 2. The maximum absolute atomic E-state index is 11.4. The van der Waals surface area contributed by atoms with Crippen molar-refractivity contribution in [2.75, 3.05) is 26.0 Å². The van der Waals surface area contributed by atoms with Crippen molar-refractivity contribution in [1.29, 1.82) is 0 Å². The van der Waals surface area contributed by atoms with Gasteiger partial charge in [-0.05, 0) is 28.8 Å². The molecule has 1 saturated heterocycles. The Hall–Kier alpha value is -1.09. The van der Waals surface area contributed by atoms with E-state index in [0.717, 1.165) is 12.0 Å². The topological polar surface area (TPSA) is 83.0 Å². The van der Waals surface area contributed by atoms with E-state index in [-0.39, 0.29) is 12.6 Å². The first-order valence-corrected chi connectivity index (χ1v) is 9.64. The van der Waals surface area contributed by atoms with Crippen molar-refractivity contribution < 1.29 is 18.2 Å². The lowest BCUT2D eigenvalue weighted by atomic mass is 10.1. The summed E-state index contributed by atoms with van der Waals surface area (Å²) >= 11 is 2.07. The van der Waals surface area contributed by atoms with Crippen molar-refractivity contribution >= 4 is 29.7 Å². The van der Waals surface area contributed by atoms with E-state index in [1.807, 2.05) is 30.3 Å². The van der Waals surface area contributed by atoms with Crippen LogP contribution >= 0.6 is 12.6 Å². The van der Waals surface area contributed by atoms with Gasteiger partial charge in [-0.3, -0.25) is 4.21 Å². The second-order valence-corrected chi connectivity index (χ2v) is 7.04. The molecule has 1 aliphatic rings. The summed E-state index contributed by atoms with van der Waals surface area (Å²) in [6, 6.07) is 10.3. The molecule has 1 aromatic rings. The Kier molecular flexibility index (Phi) is 8.04. The van der Waals surface area contributed by atoms with Crippen LogP contribution in [0.2, 0.25) is 0 Å². The first-order valence-electron chi connectivity index (χ1n) is 7.87. The molecule has 0 spiro atoms. The quantitative estimate of drug-likeness (QED) is 0.344. The van der Waals surface area contributed by atoms with E-state index in [2.05, 4.69) is 22.9 Å². The highest BCUT2D eigenvalue weighted by Gasteiger charge is 2.30. The summed E-state index contributed by atoms with van der Waals surface area (Å²) in [6.45, 7) is 0.630. The zero-order valence-electron chi connectivity index (χ0n) is 13.6. The molecule has 0 bridgehead atoms. The lowest BCUT2D eigenvalue weighted by Gasteiger charge is -2.33. The Morgan fingerprint density at radius 3 is 2.92 bits per heavy atom. The molecule has 134 valence electrons. The van der Waals surface area contributed by atoms with Crippen LogP contribution in [0, 0.1) is 0 Å². The summed E-state index contributed by atoms with van der Waals surface area (Å²) in [5, 5.41) is 2.58. The molecule has 0 aromatic heterocycles. The molecule has 1 heterocycles. The van der Waals surface area contributed by atoms with Gasteiger partial charge in [0.1, 0.15) is 6.10 Å². The van der Waals surface area contributed by atoms with E-state index >= 15 is 0 Å². The van der Waals surface area contributed by atoms with Crippen LogP contribution in [-0.4, -0.2) is 52.2 Å². The zero-order chi connectivity index (χ0) is 17.4. The van der Waals surface area contributed by atoms with E-state index in [4.69, 9.17) is 9.47 Å². The predicted molar refractivity (Wildman–Crippen MR) is 97.2 cm³/mol. The molecular weight excluding hydrogens is 348 g/mol. The van der Waals surface area contributed by atoms with Gasteiger partial charge in [-0.2, -0.15) is 12.6 Å². The van der Waals surface area contributed by atoms with Gasteiger partial charge in [0, 0.05) is 13.5 Å². The number of nitrogens with zero attached hydrogens (tertiary/aromatic N) is 1. The molecule has 4 unspecified atom stereocenters. The summed E-state index contributed by atoms with van der Waals surface area (Å²) in [6.07, 6.45) is 0.845. The average molecular weight is 372 g/mol. The minimum Gasteiger partial charge on any atom is -0.772 e. The van der Waals surface area contributed by atoms with Crippen molar-refractivity contribution in [1.82, 2.24) is 5.32 Å². The molecule has 1 N–H and O–H groups in total.